The molecule has 5 nitrogen and oxygen atoms in total. The van der Waals surface area contributed by atoms with Crippen molar-refractivity contribution in [3.8, 4) is 0 Å². The Labute approximate surface area is 174 Å². The van der Waals surface area contributed by atoms with E-state index in [1.54, 1.807) is 9.80 Å². The van der Waals surface area contributed by atoms with E-state index >= 15 is 0 Å². The van der Waals surface area contributed by atoms with Crippen molar-refractivity contribution < 1.29 is 9.59 Å². The fourth-order valence-electron chi connectivity index (χ4n) is 4.81. The van der Waals surface area contributed by atoms with Crippen LogP contribution in [0.3, 0.4) is 0 Å². The Morgan fingerprint density at radius 1 is 1.14 bits per heavy atom. The standard InChI is InChI=1S/C23H22ClN3O2/c1-2-10-26-13-20(28)27-19(23(26)29)12-17-16-8-3-4-9-18(16)25-21(17)22(27)14-6-5-7-15(24)11-14/h3-9,11,19,22,25H,2,10,12-13H2,1H3/t19-,22+/m0/s1. The molecule has 2 aliphatic heterocycles. The molecule has 1 N–H and O–H groups in total. The minimum atomic E-state index is -0.488. The maximum absolute atomic E-state index is 13.3. The number of aromatic amines is 1. The molecular weight excluding hydrogens is 386 g/mol. The highest BCUT2D eigenvalue weighted by Gasteiger charge is 2.47. The largest absolute Gasteiger partial charge is 0.356 e. The van der Waals surface area contributed by atoms with Crippen LogP contribution in [-0.4, -0.2) is 45.7 Å². The molecule has 0 saturated carbocycles. The van der Waals surface area contributed by atoms with Crippen LogP contribution in [0.1, 0.15) is 36.2 Å². The minimum absolute atomic E-state index is 0.0164. The zero-order valence-corrected chi connectivity index (χ0v) is 16.9. The third-order valence-electron chi connectivity index (χ3n) is 6.00. The van der Waals surface area contributed by atoms with Gasteiger partial charge in [-0.3, -0.25) is 9.59 Å². The lowest BCUT2D eigenvalue weighted by Gasteiger charge is -2.47. The second-order valence-electron chi connectivity index (χ2n) is 7.80. The van der Waals surface area contributed by atoms with Crippen molar-refractivity contribution in [2.45, 2.75) is 31.8 Å². The van der Waals surface area contributed by atoms with Crippen molar-refractivity contribution in [3.63, 3.8) is 0 Å². The predicted molar refractivity (Wildman–Crippen MR) is 113 cm³/mol. The van der Waals surface area contributed by atoms with Gasteiger partial charge in [0.15, 0.2) is 0 Å². The quantitative estimate of drug-likeness (QED) is 0.715. The monoisotopic (exact) mass is 407 g/mol. The van der Waals surface area contributed by atoms with Crippen molar-refractivity contribution in [1.82, 2.24) is 14.8 Å². The molecule has 29 heavy (non-hydrogen) atoms. The number of carbonyl (C=O) groups excluding carboxylic acids is 2. The SMILES string of the molecule is CCCN1CC(=O)N2[C@H](c3cccc(Cl)c3)c3[nH]c4ccccc4c3C[C@H]2C1=O. The van der Waals surface area contributed by atoms with E-state index < -0.39 is 6.04 Å². The highest BCUT2D eigenvalue weighted by molar-refractivity contribution is 6.30. The van der Waals surface area contributed by atoms with Crippen LogP contribution >= 0.6 is 11.6 Å². The number of carbonyl (C=O) groups is 2. The molecule has 0 bridgehead atoms. The summed E-state index contributed by atoms with van der Waals surface area (Å²) in [5, 5.41) is 1.73. The normalized spacial score (nSPS) is 21.4. The Hall–Kier alpha value is -2.79. The fraction of sp³-hybridized carbons (Fsp3) is 0.304. The number of halogens is 1. The second kappa shape index (κ2) is 6.92. The first-order valence-corrected chi connectivity index (χ1v) is 10.4. The number of rotatable bonds is 3. The molecule has 3 heterocycles. The van der Waals surface area contributed by atoms with Crippen LogP contribution in [0.2, 0.25) is 5.02 Å². The summed E-state index contributed by atoms with van der Waals surface area (Å²) in [7, 11) is 0. The van der Waals surface area contributed by atoms with Crippen LogP contribution in [-0.2, 0) is 16.0 Å². The first-order valence-electron chi connectivity index (χ1n) is 10.0. The molecule has 3 aromatic rings. The first kappa shape index (κ1) is 18.3. The Kier molecular flexibility index (Phi) is 4.36. The number of hydrogen-bond donors (Lipinski definition) is 1. The minimum Gasteiger partial charge on any atom is -0.356 e. The molecule has 148 valence electrons. The van der Waals surface area contributed by atoms with Crippen LogP contribution in [0.25, 0.3) is 10.9 Å². The van der Waals surface area contributed by atoms with Gasteiger partial charge in [-0.2, -0.15) is 0 Å². The molecule has 0 aliphatic carbocycles. The molecule has 6 heteroatoms. The predicted octanol–water partition coefficient (Wildman–Crippen LogP) is 3.92. The molecule has 0 spiro atoms. The second-order valence-corrected chi connectivity index (χ2v) is 8.24. The summed E-state index contributed by atoms with van der Waals surface area (Å²) in [4.78, 5) is 33.6. The summed E-state index contributed by atoms with van der Waals surface area (Å²) >= 11 is 6.29. The fourth-order valence-corrected chi connectivity index (χ4v) is 5.00. The van der Waals surface area contributed by atoms with E-state index in [0.717, 1.165) is 34.1 Å². The molecule has 2 amide bonds. The first-order chi connectivity index (χ1) is 14.1. The van der Waals surface area contributed by atoms with Crippen LogP contribution in [0.4, 0.5) is 0 Å². The van der Waals surface area contributed by atoms with Crippen molar-refractivity contribution in [1.29, 1.82) is 0 Å². The smallest absolute Gasteiger partial charge is 0.246 e. The Bertz CT molecular complexity index is 1120. The van der Waals surface area contributed by atoms with Gasteiger partial charge in [-0.1, -0.05) is 48.9 Å². The van der Waals surface area contributed by atoms with E-state index in [0.29, 0.717) is 18.0 Å². The number of para-hydroxylation sites is 1. The number of piperazine rings is 1. The van der Waals surface area contributed by atoms with Crippen LogP contribution in [0.15, 0.2) is 48.5 Å². The van der Waals surface area contributed by atoms with Crippen LogP contribution in [0, 0.1) is 0 Å². The molecule has 2 atom stereocenters. The molecule has 0 unspecified atom stereocenters. The Morgan fingerprint density at radius 3 is 2.76 bits per heavy atom. The van der Waals surface area contributed by atoms with E-state index in [1.807, 2.05) is 49.4 Å². The summed E-state index contributed by atoms with van der Waals surface area (Å²) < 4.78 is 0. The Morgan fingerprint density at radius 2 is 1.97 bits per heavy atom. The van der Waals surface area contributed by atoms with Gasteiger partial charge in [0, 0.05) is 34.6 Å². The zero-order chi connectivity index (χ0) is 20.1. The van der Waals surface area contributed by atoms with Gasteiger partial charge in [0.25, 0.3) is 0 Å². The van der Waals surface area contributed by atoms with E-state index in [2.05, 4.69) is 11.1 Å². The molecule has 2 aromatic carbocycles. The summed E-state index contributed by atoms with van der Waals surface area (Å²) in [6.45, 7) is 2.77. The molecule has 0 radical (unpaired) electrons. The van der Waals surface area contributed by atoms with E-state index in [4.69, 9.17) is 11.6 Å². The lowest BCUT2D eigenvalue weighted by Crippen LogP contribution is -2.63. The van der Waals surface area contributed by atoms with Gasteiger partial charge >= 0.3 is 0 Å². The third-order valence-corrected chi connectivity index (χ3v) is 6.24. The van der Waals surface area contributed by atoms with Crippen LogP contribution in [0.5, 0.6) is 0 Å². The molecular formula is C23H22ClN3O2. The molecule has 1 saturated heterocycles. The highest BCUT2D eigenvalue weighted by atomic mass is 35.5. The maximum Gasteiger partial charge on any atom is 0.246 e. The van der Waals surface area contributed by atoms with E-state index in [1.165, 1.54) is 0 Å². The number of nitrogens with zero attached hydrogens (tertiary/aromatic N) is 2. The molecule has 5 rings (SSSR count). The zero-order valence-electron chi connectivity index (χ0n) is 16.2. The average molecular weight is 408 g/mol. The molecule has 2 aliphatic rings. The van der Waals surface area contributed by atoms with Gasteiger partial charge in [-0.15, -0.1) is 0 Å². The van der Waals surface area contributed by atoms with Gasteiger partial charge in [0.2, 0.25) is 11.8 Å². The lowest BCUT2D eigenvalue weighted by molar-refractivity contribution is -0.158. The number of benzene rings is 2. The van der Waals surface area contributed by atoms with Gasteiger partial charge in [0.05, 0.1) is 12.6 Å². The lowest BCUT2D eigenvalue weighted by atomic mass is 9.86. The van der Waals surface area contributed by atoms with Gasteiger partial charge in [-0.25, -0.2) is 0 Å². The summed E-state index contributed by atoms with van der Waals surface area (Å²) in [5.74, 6) is 0.0201. The number of nitrogens with one attached hydrogen (secondary N) is 1. The number of amides is 2. The number of H-pyrrole nitrogens is 1. The summed E-state index contributed by atoms with van der Waals surface area (Å²) in [6.07, 6.45) is 1.36. The van der Waals surface area contributed by atoms with Gasteiger partial charge in [-0.05, 0) is 35.7 Å². The van der Waals surface area contributed by atoms with Crippen molar-refractivity contribution >= 4 is 34.3 Å². The van der Waals surface area contributed by atoms with E-state index in [9.17, 15) is 9.59 Å². The van der Waals surface area contributed by atoms with E-state index in [-0.39, 0.29) is 24.4 Å². The van der Waals surface area contributed by atoms with Gasteiger partial charge < -0.3 is 14.8 Å². The van der Waals surface area contributed by atoms with Crippen molar-refractivity contribution in [2.24, 2.45) is 0 Å². The number of hydrogen-bond acceptors (Lipinski definition) is 2. The van der Waals surface area contributed by atoms with Crippen molar-refractivity contribution in [2.75, 3.05) is 13.1 Å². The third kappa shape index (κ3) is 2.84. The molecule has 1 aromatic heterocycles. The van der Waals surface area contributed by atoms with Crippen LogP contribution < -0.4 is 0 Å². The highest BCUT2D eigenvalue weighted by Crippen LogP contribution is 2.42. The average Bonchev–Trinajstić information content (AvgIpc) is 3.09. The van der Waals surface area contributed by atoms with Crippen molar-refractivity contribution in [3.05, 3.63) is 70.4 Å². The molecule has 1 fully saturated rings. The maximum atomic E-state index is 13.3. The summed E-state index contributed by atoms with van der Waals surface area (Å²) in [5.41, 5.74) is 4.04. The Balaban J connectivity index is 1.72. The van der Waals surface area contributed by atoms with Gasteiger partial charge in [0.1, 0.15) is 6.04 Å². The summed E-state index contributed by atoms with van der Waals surface area (Å²) in [6, 6.07) is 14.9. The number of fused-ring (bicyclic) bond motifs is 4. The topological polar surface area (TPSA) is 56.4 Å². The number of aromatic nitrogens is 1.